The number of nitrogens with one attached hydrogen (secondary N) is 1. The Balaban J connectivity index is 1.45. The number of aliphatic hydroxyl groups is 1. The normalized spacial score (nSPS) is 11.1. The highest BCUT2D eigenvalue weighted by atomic mass is 16.5. The molecule has 0 aromatic heterocycles. The molecule has 4 aromatic rings. The van der Waals surface area contributed by atoms with Crippen molar-refractivity contribution in [2.45, 2.75) is 5.60 Å². The molecule has 0 aliphatic heterocycles. The van der Waals surface area contributed by atoms with Gasteiger partial charge in [-0.25, -0.2) is 10.2 Å². The Morgan fingerprint density at radius 1 is 0.775 bits per heavy atom. The Bertz CT molecular complexity index is 1420. The fraction of sp³-hybridized carbons (Fsp3) is 0.129. The first-order valence-corrected chi connectivity index (χ1v) is 12.2. The first kappa shape index (κ1) is 27.9. The predicted molar refractivity (Wildman–Crippen MR) is 149 cm³/mol. The van der Waals surface area contributed by atoms with Gasteiger partial charge in [-0.05, 0) is 53.1 Å². The zero-order valence-corrected chi connectivity index (χ0v) is 22.2. The maximum atomic E-state index is 13.1. The highest BCUT2D eigenvalue weighted by Gasteiger charge is 2.39. The zero-order valence-electron chi connectivity index (χ0n) is 22.2. The number of methoxy groups -OCH3 is 3. The molecule has 0 saturated heterocycles. The summed E-state index contributed by atoms with van der Waals surface area (Å²) in [5, 5.41) is 15.5. The lowest BCUT2D eigenvalue weighted by Crippen LogP contribution is -2.43. The highest BCUT2D eigenvalue weighted by Crippen LogP contribution is 2.38. The van der Waals surface area contributed by atoms with Crippen LogP contribution < -0.4 is 24.4 Å². The van der Waals surface area contributed by atoms with E-state index < -0.39 is 17.5 Å². The van der Waals surface area contributed by atoms with Crippen molar-refractivity contribution in [1.29, 1.82) is 0 Å². The number of benzene rings is 4. The number of carbonyl (C=O) groups excluding carboxylic acids is 2. The summed E-state index contributed by atoms with van der Waals surface area (Å²) in [6.07, 6.45) is 1.42. The van der Waals surface area contributed by atoms with Crippen LogP contribution in [-0.4, -0.2) is 44.5 Å². The van der Waals surface area contributed by atoms with Crippen molar-refractivity contribution in [2.75, 3.05) is 21.3 Å². The number of carbonyl (C=O) groups is 2. The van der Waals surface area contributed by atoms with E-state index in [1.807, 2.05) is 0 Å². The van der Waals surface area contributed by atoms with Gasteiger partial charge in [-0.2, -0.15) is 5.10 Å². The van der Waals surface area contributed by atoms with Crippen LogP contribution in [0, 0.1) is 0 Å². The van der Waals surface area contributed by atoms with Gasteiger partial charge in [0, 0.05) is 0 Å². The van der Waals surface area contributed by atoms with Gasteiger partial charge in [-0.3, -0.25) is 4.79 Å². The van der Waals surface area contributed by atoms with E-state index in [4.69, 9.17) is 18.9 Å². The van der Waals surface area contributed by atoms with Gasteiger partial charge in [-0.1, -0.05) is 60.7 Å². The summed E-state index contributed by atoms with van der Waals surface area (Å²) >= 11 is 0. The number of rotatable bonds is 10. The molecule has 204 valence electrons. The molecule has 0 aliphatic carbocycles. The second-order valence-corrected chi connectivity index (χ2v) is 8.51. The van der Waals surface area contributed by atoms with Crippen molar-refractivity contribution in [3.8, 4) is 23.0 Å². The van der Waals surface area contributed by atoms with Crippen LogP contribution in [0.15, 0.2) is 102 Å². The van der Waals surface area contributed by atoms with E-state index >= 15 is 0 Å². The van der Waals surface area contributed by atoms with Gasteiger partial charge in [0.15, 0.2) is 17.1 Å². The highest BCUT2D eigenvalue weighted by molar-refractivity contribution is 5.93. The van der Waals surface area contributed by atoms with E-state index in [9.17, 15) is 14.7 Å². The molecule has 9 heteroatoms. The maximum absolute atomic E-state index is 13.1. The first-order chi connectivity index (χ1) is 19.4. The SMILES string of the molecule is COc1cc(C(=O)Oc2ccc(C=NNC(=O)C(O)(c3ccccc3)c3ccccc3)cc2)cc(OC)c1OC. The second-order valence-electron chi connectivity index (χ2n) is 8.51. The minimum atomic E-state index is -1.94. The summed E-state index contributed by atoms with van der Waals surface area (Å²) in [6.45, 7) is 0. The molecular weight excluding hydrogens is 512 g/mol. The molecule has 0 bridgehead atoms. The van der Waals surface area contributed by atoms with Gasteiger partial charge in [0.25, 0.3) is 5.91 Å². The van der Waals surface area contributed by atoms with Gasteiger partial charge < -0.3 is 24.1 Å². The van der Waals surface area contributed by atoms with E-state index in [1.165, 1.54) is 39.7 Å². The lowest BCUT2D eigenvalue weighted by atomic mass is 9.85. The smallest absolute Gasteiger partial charge is 0.343 e. The molecule has 0 heterocycles. The van der Waals surface area contributed by atoms with Crippen molar-refractivity contribution >= 4 is 18.1 Å². The van der Waals surface area contributed by atoms with Crippen LogP contribution >= 0.6 is 0 Å². The lowest BCUT2D eigenvalue weighted by Gasteiger charge is -2.27. The number of hydrogen-bond donors (Lipinski definition) is 2. The zero-order chi connectivity index (χ0) is 28.5. The molecule has 0 spiro atoms. The van der Waals surface area contributed by atoms with Crippen LogP contribution in [0.4, 0.5) is 0 Å². The number of hydrogen-bond acceptors (Lipinski definition) is 8. The summed E-state index contributed by atoms with van der Waals surface area (Å²) in [6, 6.07) is 26.8. The van der Waals surface area contributed by atoms with Crippen molar-refractivity contribution < 1.29 is 33.6 Å². The van der Waals surface area contributed by atoms with Crippen molar-refractivity contribution in [3.63, 3.8) is 0 Å². The molecule has 0 aliphatic rings. The van der Waals surface area contributed by atoms with Crippen LogP contribution in [0.2, 0.25) is 0 Å². The third-order valence-corrected chi connectivity index (χ3v) is 6.08. The van der Waals surface area contributed by atoms with Crippen molar-refractivity contribution in [3.05, 3.63) is 119 Å². The standard InChI is InChI=1S/C31H28N2O7/c1-37-26-18-22(19-27(38-2)28(26)39-3)29(34)40-25-16-14-21(15-17-25)20-32-33-30(35)31(36,23-10-6-4-7-11-23)24-12-8-5-9-13-24/h4-20,36H,1-3H3,(H,33,35). The van der Waals surface area contributed by atoms with Gasteiger partial charge in [-0.15, -0.1) is 0 Å². The molecule has 4 rings (SSSR count). The topological polar surface area (TPSA) is 116 Å². The Hall–Kier alpha value is -5.15. The van der Waals surface area contributed by atoms with Gasteiger partial charge in [0.2, 0.25) is 5.75 Å². The number of amides is 1. The van der Waals surface area contributed by atoms with Crippen molar-refractivity contribution in [1.82, 2.24) is 5.43 Å². The van der Waals surface area contributed by atoms with Gasteiger partial charge in [0.05, 0.1) is 33.1 Å². The van der Waals surface area contributed by atoms with E-state index in [2.05, 4.69) is 10.5 Å². The van der Waals surface area contributed by atoms with Crippen LogP contribution in [0.5, 0.6) is 23.0 Å². The number of ether oxygens (including phenoxy) is 4. The Morgan fingerprint density at radius 3 is 1.77 bits per heavy atom. The summed E-state index contributed by atoms with van der Waals surface area (Å²) in [7, 11) is 4.39. The monoisotopic (exact) mass is 540 g/mol. The average Bonchev–Trinajstić information content (AvgIpc) is 3.01. The predicted octanol–water partition coefficient (Wildman–Crippen LogP) is 4.32. The molecule has 40 heavy (non-hydrogen) atoms. The number of nitrogens with zero attached hydrogens (tertiary/aromatic N) is 1. The Kier molecular flexibility index (Phi) is 8.78. The number of hydrazone groups is 1. The van der Waals surface area contributed by atoms with Crippen LogP contribution in [0.25, 0.3) is 0 Å². The Morgan fingerprint density at radius 2 is 1.30 bits per heavy atom. The summed E-state index contributed by atoms with van der Waals surface area (Å²) in [5.74, 6) is -0.0144. The maximum Gasteiger partial charge on any atom is 0.343 e. The molecule has 0 atom stereocenters. The molecule has 0 unspecified atom stereocenters. The van der Waals surface area contributed by atoms with Gasteiger partial charge >= 0.3 is 5.97 Å². The first-order valence-electron chi connectivity index (χ1n) is 12.2. The number of esters is 1. The molecular formula is C31H28N2O7. The fourth-order valence-electron chi connectivity index (χ4n) is 4.02. The molecule has 2 N–H and O–H groups in total. The largest absolute Gasteiger partial charge is 0.493 e. The lowest BCUT2D eigenvalue weighted by molar-refractivity contribution is -0.136. The molecule has 0 radical (unpaired) electrons. The molecule has 0 fully saturated rings. The molecule has 1 amide bonds. The van der Waals surface area contributed by atoms with E-state index in [-0.39, 0.29) is 5.56 Å². The third-order valence-electron chi connectivity index (χ3n) is 6.08. The minimum Gasteiger partial charge on any atom is -0.493 e. The van der Waals surface area contributed by atoms with E-state index in [0.29, 0.717) is 39.7 Å². The van der Waals surface area contributed by atoms with Crippen LogP contribution in [0.3, 0.4) is 0 Å². The fourth-order valence-corrected chi connectivity index (χ4v) is 4.02. The van der Waals surface area contributed by atoms with Crippen LogP contribution in [0.1, 0.15) is 27.0 Å². The average molecular weight is 541 g/mol. The van der Waals surface area contributed by atoms with E-state index in [1.54, 1.807) is 84.9 Å². The Labute approximate surface area is 231 Å². The van der Waals surface area contributed by atoms with E-state index in [0.717, 1.165) is 0 Å². The van der Waals surface area contributed by atoms with Gasteiger partial charge in [0.1, 0.15) is 5.75 Å². The second kappa shape index (κ2) is 12.6. The quantitative estimate of drug-likeness (QED) is 0.133. The summed E-state index contributed by atoms with van der Waals surface area (Å²) in [5.41, 5.74) is 2.14. The molecule has 0 saturated carbocycles. The molecule has 9 nitrogen and oxygen atoms in total. The summed E-state index contributed by atoms with van der Waals surface area (Å²) in [4.78, 5) is 25.9. The van der Waals surface area contributed by atoms with Crippen molar-refractivity contribution in [2.24, 2.45) is 5.10 Å². The molecule has 4 aromatic carbocycles. The summed E-state index contributed by atoms with van der Waals surface area (Å²) < 4.78 is 21.3. The third kappa shape index (κ3) is 5.95. The minimum absolute atomic E-state index is 0.215. The van der Waals surface area contributed by atoms with Crippen LogP contribution in [-0.2, 0) is 10.4 Å².